The number of aromatic amines is 1. The van der Waals surface area contributed by atoms with Gasteiger partial charge in [0.15, 0.2) is 0 Å². The van der Waals surface area contributed by atoms with E-state index in [0.29, 0.717) is 0 Å². The maximum atomic E-state index is 11.9. The Balaban J connectivity index is 2.48. The highest BCUT2D eigenvalue weighted by Gasteiger charge is 2.28. The van der Waals surface area contributed by atoms with Crippen LogP contribution >= 0.6 is 0 Å². The Labute approximate surface area is 105 Å². The number of aromatic nitrogens is 2. The van der Waals surface area contributed by atoms with Gasteiger partial charge in [0.1, 0.15) is 18.1 Å². The number of rotatable bonds is 4. The summed E-state index contributed by atoms with van der Waals surface area (Å²) in [5.74, 6) is -1.43. The van der Waals surface area contributed by atoms with Crippen LogP contribution in [-0.4, -0.2) is 53.2 Å². The molecule has 1 heterocycles. The van der Waals surface area contributed by atoms with E-state index in [1.807, 2.05) is 0 Å². The summed E-state index contributed by atoms with van der Waals surface area (Å²) < 4.78 is 35.6. The Morgan fingerprint density at radius 2 is 2.16 bits per heavy atom. The summed E-state index contributed by atoms with van der Waals surface area (Å²) in [5.41, 5.74) is 5.34. The van der Waals surface area contributed by atoms with Crippen LogP contribution in [0.3, 0.4) is 0 Å². The van der Waals surface area contributed by atoms with Crippen molar-refractivity contribution in [2.24, 2.45) is 0 Å². The van der Waals surface area contributed by atoms with Crippen LogP contribution in [0, 0.1) is 0 Å². The minimum atomic E-state index is -4.49. The van der Waals surface area contributed by atoms with Gasteiger partial charge in [0.05, 0.1) is 6.54 Å². The van der Waals surface area contributed by atoms with Crippen molar-refractivity contribution in [1.29, 1.82) is 0 Å². The second-order valence-corrected chi connectivity index (χ2v) is 3.76. The van der Waals surface area contributed by atoms with Gasteiger partial charge in [-0.15, -0.1) is 0 Å². The first-order chi connectivity index (χ1) is 8.69. The molecule has 0 aromatic carbocycles. The van der Waals surface area contributed by atoms with E-state index in [1.54, 1.807) is 5.32 Å². The Bertz CT molecular complexity index is 471. The molecule has 0 aliphatic heterocycles. The van der Waals surface area contributed by atoms with E-state index < -0.39 is 31.1 Å². The van der Waals surface area contributed by atoms with Gasteiger partial charge in [-0.2, -0.15) is 18.3 Å². The third kappa shape index (κ3) is 4.85. The molecule has 0 atom stereocenters. The van der Waals surface area contributed by atoms with Crippen molar-refractivity contribution in [3.05, 3.63) is 11.8 Å². The number of alkyl halides is 3. The lowest BCUT2D eigenvalue weighted by Gasteiger charge is -2.16. The van der Waals surface area contributed by atoms with Crippen LogP contribution in [0.5, 0.6) is 0 Å². The lowest BCUT2D eigenvalue weighted by atomic mass is 10.3. The smallest absolute Gasteiger partial charge is 0.382 e. The van der Waals surface area contributed by atoms with Gasteiger partial charge in [-0.05, 0) is 0 Å². The molecule has 7 nitrogen and oxygen atoms in total. The number of hydrogen-bond donors (Lipinski definition) is 3. The molecule has 10 heteroatoms. The average molecular weight is 279 g/mol. The molecule has 106 valence electrons. The van der Waals surface area contributed by atoms with E-state index in [4.69, 9.17) is 5.73 Å². The number of nitrogens with zero attached hydrogens (tertiary/aromatic N) is 2. The van der Waals surface area contributed by atoms with Crippen LogP contribution in [0.15, 0.2) is 6.07 Å². The van der Waals surface area contributed by atoms with Gasteiger partial charge in [-0.25, -0.2) is 0 Å². The number of carbonyl (C=O) groups excluding carboxylic acids is 2. The number of amides is 2. The fourth-order valence-corrected chi connectivity index (χ4v) is 1.19. The van der Waals surface area contributed by atoms with Gasteiger partial charge in [0, 0.05) is 13.1 Å². The molecule has 0 bridgehead atoms. The zero-order valence-electron chi connectivity index (χ0n) is 9.91. The van der Waals surface area contributed by atoms with Crippen molar-refractivity contribution in [2.45, 2.75) is 6.18 Å². The van der Waals surface area contributed by atoms with Crippen molar-refractivity contribution in [1.82, 2.24) is 20.4 Å². The van der Waals surface area contributed by atoms with Crippen LogP contribution in [0.1, 0.15) is 10.5 Å². The summed E-state index contributed by atoms with van der Waals surface area (Å²) in [6, 6.07) is 1.26. The number of likely N-dealkylation sites (N-methyl/N-ethyl adjacent to an activating group) is 1. The monoisotopic (exact) mass is 279 g/mol. The van der Waals surface area contributed by atoms with Crippen molar-refractivity contribution in [3.8, 4) is 0 Å². The number of nitrogens with one attached hydrogen (secondary N) is 2. The van der Waals surface area contributed by atoms with E-state index in [2.05, 4.69) is 10.2 Å². The summed E-state index contributed by atoms with van der Waals surface area (Å²) in [7, 11) is 1.27. The number of nitrogen functional groups attached to an aromatic ring is 1. The highest BCUT2D eigenvalue weighted by Crippen LogP contribution is 2.12. The lowest BCUT2D eigenvalue weighted by Crippen LogP contribution is -2.41. The molecule has 0 radical (unpaired) electrons. The van der Waals surface area contributed by atoms with Gasteiger partial charge >= 0.3 is 6.18 Å². The summed E-state index contributed by atoms with van der Waals surface area (Å²) in [6.45, 7) is -1.95. The third-order valence-corrected chi connectivity index (χ3v) is 2.04. The average Bonchev–Trinajstić information content (AvgIpc) is 2.71. The third-order valence-electron chi connectivity index (χ3n) is 2.04. The van der Waals surface area contributed by atoms with E-state index in [-0.39, 0.29) is 11.5 Å². The number of hydrogen-bond acceptors (Lipinski definition) is 4. The first-order valence-electron chi connectivity index (χ1n) is 5.09. The van der Waals surface area contributed by atoms with Crippen molar-refractivity contribution < 1.29 is 22.8 Å². The van der Waals surface area contributed by atoms with E-state index >= 15 is 0 Å². The number of carbonyl (C=O) groups is 2. The molecular weight excluding hydrogens is 267 g/mol. The standard InChI is InChI=1S/C9H12F3N5O2/c1-17(3-7(18)14-4-9(10,11)12)8(19)5-2-6(13)16-15-5/h2H,3-4H2,1H3,(H,14,18)(H3,13,15,16). The van der Waals surface area contributed by atoms with Gasteiger partial charge in [-0.1, -0.05) is 0 Å². The van der Waals surface area contributed by atoms with Gasteiger partial charge < -0.3 is 16.0 Å². The van der Waals surface area contributed by atoms with Crippen molar-refractivity contribution in [3.63, 3.8) is 0 Å². The lowest BCUT2D eigenvalue weighted by molar-refractivity contribution is -0.138. The van der Waals surface area contributed by atoms with Crippen molar-refractivity contribution >= 4 is 17.6 Å². The van der Waals surface area contributed by atoms with Gasteiger partial charge in [0.2, 0.25) is 5.91 Å². The predicted octanol–water partition coefficient (Wildman–Crippen LogP) is -0.258. The second-order valence-electron chi connectivity index (χ2n) is 3.76. The van der Waals surface area contributed by atoms with Gasteiger partial charge in [0.25, 0.3) is 5.91 Å². The Morgan fingerprint density at radius 3 is 2.63 bits per heavy atom. The summed E-state index contributed by atoms with van der Waals surface area (Å²) >= 11 is 0. The molecule has 19 heavy (non-hydrogen) atoms. The quantitative estimate of drug-likeness (QED) is 0.706. The van der Waals surface area contributed by atoms with E-state index in [0.717, 1.165) is 4.90 Å². The zero-order chi connectivity index (χ0) is 14.6. The SMILES string of the molecule is CN(CC(=O)NCC(F)(F)F)C(=O)c1cc(N)n[nH]1. The molecule has 0 unspecified atom stereocenters. The summed E-state index contributed by atoms with van der Waals surface area (Å²) in [6.07, 6.45) is -4.49. The molecule has 0 spiro atoms. The van der Waals surface area contributed by atoms with Crippen LogP contribution in [0.2, 0.25) is 0 Å². The first-order valence-corrected chi connectivity index (χ1v) is 5.09. The van der Waals surface area contributed by atoms with Crippen LogP contribution in [0.4, 0.5) is 19.0 Å². The molecule has 0 saturated carbocycles. The molecule has 0 aliphatic rings. The molecule has 0 fully saturated rings. The number of halogens is 3. The Hall–Kier alpha value is -2.26. The summed E-state index contributed by atoms with van der Waals surface area (Å²) in [4.78, 5) is 23.8. The van der Waals surface area contributed by atoms with Gasteiger partial charge in [-0.3, -0.25) is 14.7 Å². The van der Waals surface area contributed by atoms with Crippen LogP contribution in [-0.2, 0) is 4.79 Å². The molecule has 0 saturated heterocycles. The molecule has 0 aliphatic carbocycles. The fraction of sp³-hybridized carbons (Fsp3) is 0.444. The maximum absolute atomic E-state index is 11.9. The Kier molecular flexibility index (Phi) is 4.35. The number of H-pyrrole nitrogens is 1. The second kappa shape index (κ2) is 5.59. The van der Waals surface area contributed by atoms with Crippen LogP contribution < -0.4 is 11.1 Å². The predicted molar refractivity (Wildman–Crippen MR) is 59.0 cm³/mol. The van der Waals surface area contributed by atoms with E-state index in [9.17, 15) is 22.8 Å². The molecule has 4 N–H and O–H groups in total. The zero-order valence-corrected chi connectivity index (χ0v) is 9.91. The number of anilines is 1. The molecule has 1 rings (SSSR count). The molecular formula is C9H12F3N5O2. The largest absolute Gasteiger partial charge is 0.405 e. The summed E-state index contributed by atoms with van der Waals surface area (Å²) in [5, 5.41) is 7.52. The minimum absolute atomic E-state index is 0.0450. The molecule has 2 amide bonds. The normalized spacial score (nSPS) is 11.2. The minimum Gasteiger partial charge on any atom is -0.382 e. The fourth-order valence-electron chi connectivity index (χ4n) is 1.19. The Morgan fingerprint density at radius 1 is 1.53 bits per heavy atom. The number of nitrogens with two attached hydrogens (primary N) is 1. The topological polar surface area (TPSA) is 104 Å². The van der Waals surface area contributed by atoms with Crippen LogP contribution in [0.25, 0.3) is 0 Å². The maximum Gasteiger partial charge on any atom is 0.405 e. The highest BCUT2D eigenvalue weighted by atomic mass is 19.4. The highest BCUT2D eigenvalue weighted by molar-refractivity contribution is 5.95. The first kappa shape index (κ1) is 14.8. The van der Waals surface area contributed by atoms with E-state index in [1.165, 1.54) is 13.1 Å². The molecule has 1 aromatic rings. The van der Waals surface area contributed by atoms with Crippen molar-refractivity contribution in [2.75, 3.05) is 25.9 Å². The molecule has 1 aromatic heterocycles.